The predicted molar refractivity (Wildman–Crippen MR) is 56.3 cm³/mol. The first-order valence-electron chi connectivity index (χ1n) is 4.29. The third kappa shape index (κ3) is 17.4. The minimum atomic E-state index is -2.15. The summed E-state index contributed by atoms with van der Waals surface area (Å²) in [5, 5.41) is 0. The van der Waals surface area contributed by atoms with Gasteiger partial charge in [0.25, 0.3) is 0 Å². The fourth-order valence-electron chi connectivity index (χ4n) is 0.345. The number of carbonyl (C=O) groups is 1. The Morgan fingerprint density at radius 3 is 2.29 bits per heavy atom. The molecule has 6 heteroatoms. The molecule has 0 fully saturated rings. The SMILES string of the molecule is C=CC(N)=O.CCCO[PH](=O)OCC. The molecule has 0 aliphatic heterocycles. The Morgan fingerprint density at radius 2 is 2.00 bits per heavy atom. The van der Waals surface area contributed by atoms with Crippen molar-refractivity contribution in [1.29, 1.82) is 0 Å². The van der Waals surface area contributed by atoms with Crippen molar-refractivity contribution in [2.45, 2.75) is 20.3 Å². The van der Waals surface area contributed by atoms with E-state index in [1.165, 1.54) is 0 Å². The van der Waals surface area contributed by atoms with Gasteiger partial charge in [0.05, 0.1) is 13.2 Å². The maximum absolute atomic E-state index is 10.5. The van der Waals surface area contributed by atoms with Gasteiger partial charge in [-0.05, 0) is 19.4 Å². The van der Waals surface area contributed by atoms with Gasteiger partial charge < -0.3 is 14.8 Å². The number of primary amides is 1. The molecule has 0 saturated heterocycles. The van der Waals surface area contributed by atoms with Crippen LogP contribution < -0.4 is 5.73 Å². The van der Waals surface area contributed by atoms with Crippen LogP contribution in [0.1, 0.15) is 20.3 Å². The monoisotopic (exact) mass is 223 g/mol. The summed E-state index contributed by atoms with van der Waals surface area (Å²) >= 11 is 0. The Kier molecular flexibility index (Phi) is 14.0. The van der Waals surface area contributed by atoms with Crippen molar-refractivity contribution in [3.63, 3.8) is 0 Å². The highest BCUT2D eigenvalue weighted by atomic mass is 31.1. The van der Waals surface area contributed by atoms with E-state index in [0.29, 0.717) is 13.2 Å². The second-order valence-corrected chi connectivity index (χ2v) is 3.22. The van der Waals surface area contributed by atoms with E-state index in [2.05, 4.69) is 16.8 Å². The van der Waals surface area contributed by atoms with Gasteiger partial charge in [-0.15, -0.1) is 0 Å². The van der Waals surface area contributed by atoms with Crippen molar-refractivity contribution >= 4 is 14.2 Å². The highest BCUT2D eigenvalue weighted by molar-refractivity contribution is 7.33. The van der Waals surface area contributed by atoms with E-state index >= 15 is 0 Å². The Balaban J connectivity index is 0. The Hall–Kier alpha value is -0.640. The first-order valence-corrected chi connectivity index (χ1v) is 5.52. The van der Waals surface area contributed by atoms with Crippen molar-refractivity contribution in [2.75, 3.05) is 13.2 Å². The fourth-order valence-corrected chi connectivity index (χ4v) is 1.03. The van der Waals surface area contributed by atoms with E-state index in [4.69, 9.17) is 4.52 Å². The number of rotatable bonds is 6. The summed E-state index contributed by atoms with van der Waals surface area (Å²) in [5.74, 6) is -0.481. The molecule has 5 nitrogen and oxygen atoms in total. The molecule has 0 radical (unpaired) electrons. The van der Waals surface area contributed by atoms with Gasteiger partial charge in [-0.2, -0.15) is 0 Å². The molecule has 0 aliphatic carbocycles. The van der Waals surface area contributed by atoms with Gasteiger partial charge in [-0.3, -0.25) is 9.36 Å². The van der Waals surface area contributed by atoms with Crippen LogP contribution in [0.4, 0.5) is 0 Å². The topological polar surface area (TPSA) is 78.6 Å². The number of hydrogen-bond acceptors (Lipinski definition) is 4. The van der Waals surface area contributed by atoms with Crippen molar-refractivity contribution in [2.24, 2.45) is 5.73 Å². The number of carbonyl (C=O) groups excluding carboxylic acids is 1. The fraction of sp³-hybridized carbons (Fsp3) is 0.625. The largest absolute Gasteiger partial charge is 0.366 e. The van der Waals surface area contributed by atoms with Crippen molar-refractivity contribution in [3.8, 4) is 0 Å². The van der Waals surface area contributed by atoms with Crippen LogP contribution >= 0.6 is 8.25 Å². The molecule has 0 heterocycles. The van der Waals surface area contributed by atoms with Crippen molar-refractivity contribution < 1.29 is 18.4 Å². The first-order chi connectivity index (χ1) is 6.58. The van der Waals surface area contributed by atoms with Gasteiger partial charge in [0.1, 0.15) is 0 Å². The molecule has 0 aromatic carbocycles. The quantitative estimate of drug-likeness (QED) is 0.546. The molecule has 0 aromatic rings. The summed E-state index contributed by atoms with van der Waals surface area (Å²) in [5.41, 5.74) is 4.53. The van der Waals surface area contributed by atoms with Crippen LogP contribution in [0.2, 0.25) is 0 Å². The van der Waals surface area contributed by atoms with Crippen molar-refractivity contribution in [1.82, 2.24) is 0 Å². The molecule has 0 aromatic heterocycles. The van der Waals surface area contributed by atoms with Crippen LogP contribution in [0.25, 0.3) is 0 Å². The molecule has 14 heavy (non-hydrogen) atoms. The molecule has 0 rings (SSSR count). The summed E-state index contributed by atoms with van der Waals surface area (Å²) in [6.07, 6.45) is 1.93. The lowest BCUT2D eigenvalue weighted by Crippen LogP contribution is -2.04. The van der Waals surface area contributed by atoms with E-state index in [1.54, 1.807) is 6.92 Å². The molecule has 0 bridgehead atoms. The molecule has 0 saturated carbocycles. The van der Waals surface area contributed by atoms with Crippen LogP contribution in [0.15, 0.2) is 12.7 Å². The zero-order chi connectivity index (χ0) is 11.4. The van der Waals surface area contributed by atoms with Crippen LogP contribution in [0, 0.1) is 0 Å². The molecule has 1 atom stereocenters. The molecule has 1 unspecified atom stereocenters. The minimum Gasteiger partial charge on any atom is -0.366 e. The zero-order valence-corrected chi connectivity index (χ0v) is 9.62. The molecule has 0 spiro atoms. The van der Waals surface area contributed by atoms with E-state index < -0.39 is 14.2 Å². The predicted octanol–water partition coefficient (Wildman–Crippen LogP) is 1.50. The van der Waals surface area contributed by atoms with E-state index in [1.807, 2.05) is 6.92 Å². The highest BCUT2D eigenvalue weighted by Gasteiger charge is 1.93. The summed E-state index contributed by atoms with van der Waals surface area (Å²) < 4.78 is 20.0. The Bertz CT molecular complexity index is 184. The van der Waals surface area contributed by atoms with Gasteiger partial charge in [-0.25, -0.2) is 0 Å². The average Bonchev–Trinajstić information content (AvgIpc) is 2.16. The second-order valence-electron chi connectivity index (χ2n) is 2.14. The summed E-state index contributed by atoms with van der Waals surface area (Å²) in [6.45, 7) is 7.82. The molecule has 0 aliphatic rings. The molecule has 1 amide bonds. The lowest BCUT2D eigenvalue weighted by atomic mass is 10.5. The van der Waals surface area contributed by atoms with Crippen LogP contribution in [0.3, 0.4) is 0 Å². The maximum atomic E-state index is 10.5. The average molecular weight is 223 g/mol. The molecular formula is C8H18NO4P. The smallest absolute Gasteiger partial charge is 0.319 e. The van der Waals surface area contributed by atoms with Crippen LogP contribution in [-0.4, -0.2) is 19.1 Å². The Labute approximate surface area is 85.2 Å². The minimum absolute atomic E-state index is 0.460. The third-order valence-electron chi connectivity index (χ3n) is 0.887. The molecule has 84 valence electrons. The Morgan fingerprint density at radius 1 is 1.50 bits per heavy atom. The van der Waals surface area contributed by atoms with Gasteiger partial charge >= 0.3 is 8.25 Å². The van der Waals surface area contributed by atoms with E-state index in [9.17, 15) is 9.36 Å². The van der Waals surface area contributed by atoms with E-state index in [0.717, 1.165) is 12.5 Å². The second kappa shape index (κ2) is 12.4. The van der Waals surface area contributed by atoms with Gasteiger partial charge in [-0.1, -0.05) is 13.5 Å². The summed E-state index contributed by atoms with van der Waals surface area (Å²) in [4.78, 5) is 9.47. The van der Waals surface area contributed by atoms with Crippen LogP contribution in [0.5, 0.6) is 0 Å². The van der Waals surface area contributed by atoms with Gasteiger partial charge in [0.2, 0.25) is 5.91 Å². The summed E-state index contributed by atoms with van der Waals surface area (Å²) in [6, 6.07) is 0. The number of hydrogen-bond donors (Lipinski definition) is 1. The zero-order valence-electron chi connectivity index (χ0n) is 8.62. The lowest BCUT2D eigenvalue weighted by molar-refractivity contribution is -0.113. The normalized spacial score (nSPS) is 11.0. The number of nitrogens with two attached hydrogens (primary N) is 1. The first kappa shape index (κ1) is 15.8. The summed E-state index contributed by atoms with van der Waals surface area (Å²) in [7, 11) is -2.15. The van der Waals surface area contributed by atoms with Gasteiger partial charge in [0.15, 0.2) is 0 Å². The highest BCUT2D eigenvalue weighted by Crippen LogP contribution is 2.22. The van der Waals surface area contributed by atoms with Crippen molar-refractivity contribution in [3.05, 3.63) is 12.7 Å². The molecular weight excluding hydrogens is 205 g/mol. The molecule has 2 N–H and O–H groups in total. The standard InChI is InChI=1S/C5H13O3P.C3H5NO/c1-3-5-8-9(6)7-4-2;1-2-3(4)5/h9H,3-5H2,1-2H3;2H,1H2,(H2,4,5). The maximum Gasteiger partial charge on any atom is 0.319 e. The lowest BCUT2D eigenvalue weighted by Gasteiger charge is -1.99. The van der Waals surface area contributed by atoms with E-state index in [-0.39, 0.29) is 0 Å². The third-order valence-corrected chi connectivity index (χ3v) is 1.85. The van der Waals surface area contributed by atoms with Gasteiger partial charge in [0, 0.05) is 0 Å². The van der Waals surface area contributed by atoms with Crippen LogP contribution in [-0.2, 0) is 18.4 Å². The number of amides is 1.